The molecule has 1 N–H and O–H groups in total. The van der Waals surface area contributed by atoms with Gasteiger partial charge in [-0.25, -0.2) is 4.98 Å². The van der Waals surface area contributed by atoms with E-state index in [4.69, 9.17) is 4.74 Å². The van der Waals surface area contributed by atoms with Gasteiger partial charge in [-0.3, -0.25) is 4.79 Å². The van der Waals surface area contributed by atoms with Crippen LogP contribution in [-0.2, 0) is 9.53 Å². The minimum atomic E-state index is -0.917. The van der Waals surface area contributed by atoms with Crippen LogP contribution in [0, 0.1) is 5.92 Å². The lowest BCUT2D eigenvalue weighted by molar-refractivity contribution is -0.163. The molecular formula is C14H24N2O3. The molecule has 2 atom stereocenters. The van der Waals surface area contributed by atoms with Crippen LogP contribution in [-0.4, -0.2) is 26.2 Å². The molecule has 0 spiro atoms. The number of carbonyl (C=O) groups excluding carboxylic acids is 1. The first kappa shape index (κ1) is 15.7. The number of esters is 1. The van der Waals surface area contributed by atoms with Gasteiger partial charge in [0.25, 0.3) is 0 Å². The highest BCUT2D eigenvalue weighted by atomic mass is 16.6. The Kier molecular flexibility index (Phi) is 4.74. The third-order valence-corrected chi connectivity index (χ3v) is 2.81. The van der Waals surface area contributed by atoms with Crippen molar-refractivity contribution in [1.29, 1.82) is 0 Å². The molecule has 0 fully saturated rings. The third kappa shape index (κ3) is 4.06. The number of hydrogen-bond acceptors (Lipinski definition) is 4. The van der Waals surface area contributed by atoms with Crippen molar-refractivity contribution in [2.45, 2.75) is 59.3 Å². The molecule has 0 saturated carbocycles. The van der Waals surface area contributed by atoms with Crippen molar-refractivity contribution < 1.29 is 14.6 Å². The number of ether oxygens (including phenoxy) is 1. The maximum Gasteiger partial charge on any atom is 0.312 e. The fourth-order valence-electron chi connectivity index (χ4n) is 1.76. The average molecular weight is 268 g/mol. The van der Waals surface area contributed by atoms with Crippen molar-refractivity contribution in [3.63, 3.8) is 0 Å². The maximum atomic E-state index is 12.0. The molecule has 0 bridgehead atoms. The van der Waals surface area contributed by atoms with Crippen molar-refractivity contribution in [2.24, 2.45) is 5.92 Å². The van der Waals surface area contributed by atoms with Crippen molar-refractivity contribution in [1.82, 2.24) is 9.55 Å². The Morgan fingerprint density at radius 1 is 1.37 bits per heavy atom. The van der Waals surface area contributed by atoms with Gasteiger partial charge in [-0.05, 0) is 41.5 Å². The molecule has 0 aliphatic rings. The Morgan fingerprint density at radius 2 is 1.95 bits per heavy atom. The molecule has 0 aliphatic carbocycles. The summed E-state index contributed by atoms with van der Waals surface area (Å²) in [5.74, 6) is -1.04. The minimum Gasteiger partial charge on any atom is -0.460 e. The van der Waals surface area contributed by atoms with Crippen molar-refractivity contribution >= 4 is 5.97 Å². The number of imidazole rings is 1. The number of carbonyl (C=O) groups is 1. The van der Waals surface area contributed by atoms with Crippen molar-refractivity contribution in [2.75, 3.05) is 0 Å². The number of aliphatic hydroxyl groups excluding tert-OH is 1. The monoisotopic (exact) mass is 268 g/mol. The average Bonchev–Trinajstić information content (AvgIpc) is 2.73. The van der Waals surface area contributed by atoms with Gasteiger partial charge in [0.1, 0.15) is 11.7 Å². The maximum absolute atomic E-state index is 12.0. The van der Waals surface area contributed by atoms with Crippen LogP contribution in [0.4, 0.5) is 0 Å². The van der Waals surface area contributed by atoms with E-state index in [-0.39, 0.29) is 6.04 Å². The van der Waals surface area contributed by atoms with Crippen LogP contribution in [0.25, 0.3) is 0 Å². The van der Waals surface area contributed by atoms with Crippen LogP contribution >= 0.6 is 0 Å². The van der Waals surface area contributed by atoms with Gasteiger partial charge in [-0.1, -0.05) is 0 Å². The molecule has 19 heavy (non-hydrogen) atoms. The van der Waals surface area contributed by atoms with E-state index in [1.54, 1.807) is 19.4 Å². The fourth-order valence-corrected chi connectivity index (χ4v) is 1.76. The molecule has 0 amide bonds. The van der Waals surface area contributed by atoms with Crippen molar-refractivity contribution in [3.8, 4) is 0 Å². The van der Waals surface area contributed by atoms with Gasteiger partial charge in [0.05, 0.1) is 24.1 Å². The zero-order chi connectivity index (χ0) is 14.8. The lowest BCUT2D eigenvalue weighted by atomic mass is 10.0. The summed E-state index contributed by atoms with van der Waals surface area (Å²) in [6.45, 7) is 11.1. The van der Waals surface area contributed by atoms with Gasteiger partial charge in [0.2, 0.25) is 0 Å². The molecule has 1 rings (SSSR count). The second-order valence-corrected chi connectivity index (χ2v) is 6.09. The van der Waals surface area contributed by atoms with E-state index >= 15 is 0 Å². The molecule has 0 saturated heterocycles. The largest absolute Gasteiger partial charge is 0.460 e. The number of hydrogen-bond donors (Lipinski definition) is 1. The van der Waals surface area contributed by atoms with E-state index in [0.29, 0.717) is 5.69 Å². The SMILES string of the molecule is CC(C(=O)OC(C)(C)C)C(O)c1cncn1C(C)C. The standard InChI is InChI=1S/C14H24N2O3/c1-9(2)16-8-15-7-11(16)12(17)10(3)13(18)19-14(4,5)6/h7-10,12,17H,1-6H3. The summed E-state index contributed by atoms with van der Waals surface area (Å²) in [7, 11) is 0. The first-order valence-electron chi connectivity index (χ1n) is 6.56. The smallest absolute Gasteiger partial charge is 0.312 e. The highest BCUT2D eigenvalue weighted by Gasteiger charge is 2.30. The first-order valence-corrected chi connectivity index (χ1v) is 6.56. The van der Waals surface area contributed by atoms with Crippen LogP contribution < -0.4 is 0 Å². The normalized spacial score (nSPS) is 15.4. The summed E-state index contributed by atoms with van der Waals surface area (Å²) in [5, 5.41) is 10.3. The van der Waals surface area contributed by atoms with Crippen LogP contribution in [0.3, 0.4) is 0 Å². The first-order chi connectivity index (χ1) is 8.63. The van der Waals surface area contributed by atoms with Crippen molar-refractivity contribution in [3.05, 3.63) is 18.2 Å². The van der Waals surface area contributed by atoms with Crippen LogP contribution in [0.2, 0.25) is 0 Å². The fraction of sp³-hybridized carbons (Fsp3) is 0.714. The van der Waals surface area contributed by atoms with E-state index in [0.717, 1.165) is 0 Å². The molecule has 2 unspecified atom stereocenters. The third-order valence-electron chi connectivity index (χ3n) is 2.81. The highest BCUT2D eigenvalue weighted by Crippen LogP contribution is 2.26. The number of nitrogens with zero attached hydrogens (tertiary/aromatic N) is 2. The molecule has 1 heterocycles. The van der Waals surface area contributed by atoms with E-state index in [1.165, 1.54) is 0 Å². The number of aliphatic hydroxyl groups is 1. The minimum absolute atomic E-state index is 0.179. The van der Waals surface area contributed by atoms with Crippen LogP contribution in [0.15, 0.2) is 12.5 Å². The van der Waals surface area contributed by atoms with Crippen LogP contribution in [0.1, 0.15) is 59.4 Å². The molecule has 1 aromatic rings. The lowest BCUT2D eigenvalue weighted by Crippen LogP contribution is -2.31. The zero-order valence-corrected chi connectivity index (χ0v) is 12.5. The molecule has 0 aromatic carbocycles. The molecule has 0 aliphatic heterocycles. The predicted molar refractivity (Wildman–Crippen MR) is 72.6 cm³/mol. The summed E-state index contributed by atoms with van der Waals surface area (Å²) in [6, 6.07) is 0.179. The topological polar surface area (TPSA) is 64.3 Å². The van der Waals surface area contributed by atoms with E-state index in [9.17, 15) is 9.90 Å². The van der Waals surface area contributed by atoms with E-state index in [1.807, 2.05) is 39.2 Å². The number of aromatic nitrogens is 2. The molecule has 1 aromatic heterocycles. The van der Waals surface area contributed by atoms with Crippen LogP contribution in [0.5, 0.6) is 0 Å². The van der Waals surface area contributed by atoms with Gasteiger partial charge < -0.3 is 14.4 Å². The molecule has 5 nitrogen and oxygen atoms in total. The molecule has 5 heteroatoms. The van der Waals surface area contributed by atoms with Gasteiger partial charge in [-0.15, -0.1) is 0 Å². The molecule has 0 radical (unpaired) electrons. The zero-order valence-electron chi connectivity index (χ0n) is 12.5. The van der Waals surface area contributed by atoms with Gasteiger partial charge in [0, 0.05) is 6.04 Å². The predicted octanol–water partition coefficient (Wildman–Crippen LogP) is 2.48. The second kappa shape index (κ2) is 5.74. The Labute approximate surface area is 114 Å². The summed E-state index contributed by atoms with van der Waals surface area (Å²) in [4.78, 5) is 16.0. The van der Waals surface area contributed by atoms with Gasteiger partial charge in [-0.2, -0.15) is 0 Å². The summed E-state index contributed by atoms with van der Waals surface area (Å²) < 4.78 is 7.14. The second-order valence-electron chi connectivity index (χ2n) is 6.09. The Bertz CT molecular complexity index is 432. The quantitative estimate of drug-likeness (QED) is 0.852. The highest BCUT2D eigenvalue weighted by molar-refractivity contribution is 5.73. The Morgan fingerprint density at radius 3 is 2.42 bits per heavy atom. The summed E-state index contributed by atoms with van der Waals surface area (Å²) in [6.07, 6.45) is 2.33. The Balaban J connectivity index is 2.84. The van der Waals surface area contributed by atoms with Gasteiger partial charge in [0.15, 0.2) is 0 Å². The summed E-state index contributed by atoms with van der Waals surface area (Å²) >= 11 is 0. The van der Waals surface area contributed by atoms with Gasteiger partial charge >= 0.3 is 5.97 Å². The summed E-state index contributed by atoms with van der Waals surface area (Å²) in [5.41, 5.74) is 0.0805. The van der Waals surface area contributed by atoms with E-state index < -0.39 is 23.6 Å². The molecular weight excluding hydrogens is 244 g/mol. The van der Waals surface area contributed by atoms with E-state index in [2.05, 4.69) is 4.98 Å². The Hall–Kier alpha value is -1.36. The lowest BCUT2D eigenvalue weighted by Gasteiger charge is -2.25. The number of rotatable bonds is 4. The molecule has 108 valence electrons.